The number of nitrogens with zero attached hydrogens (tertiary/aromatic N) is 5. The zero-order valence-corrected chi connectivity index (χ0v) is 19.7. The van der Waals surface area contributed by atoms with Crippen molar-refractivity contribution in [3.05, 3.63) is 78.6 Å². The van der Waals surface area contributed by atoms with Gasteiger partial charge in [0.05, 0.1) is 36.8 Å². The lowest BCUT2D eigenvalue weighted by molar-refractivity contribution is -0.122. The first-order valence-corrected chi connectivity index (χ1v) is 11.2. The molecule has 0 spiro atoms. The number of urea groups is 1. The summed E-state index contributed by atoms with van der Waals surface area (Å²) in [7, 11) is 0. The van der Waals surface area contributed by atoms with Crippen molar-refractivity contribution < 1.29 is 22.4 Å². The van der Waals surface area contributed by atoms with Gasteiger partial charge in [0.1, 0.15) is 18.3 Å². The molecule has 3 heterocycles. The van der Waals surface area contributed by atoms with E-state index in [9.17, 15) is 18.0 Å². The van der Waals surface area contributed by atoms with Crippen LogP contribution in [-0.2, 0) is 0 Å². The Morgan fingerprint density at radius 3 is 2.82 bits per heavy atom. The first kappa shape index (κ1) is 26.0. The number of anilines is 1. The Morgan fingerprint density at radius 2 is 2.11 bits per heavy atom. The molecule has 0 saturated carbocycles. The minimum Gasteiger partial charge on any atom is -0.467 e. The molecule has 2 amide bonds. The number of aliphatic imine (C=N–C) groups is 1. The lowest BCUT2D eigenvalue weighted by atomic mass is 10.1. The fourth-order valence-corrected chi connectivity index (χ4v) is 3.52. The minimum atomic E-state index is -4.51. The summed E-state index contributed by atoms with van der Waals surface area (Å²) in [6.07, 6.45) is 3.18. The molecule has 0 aliphatic rings. The molecule has 4 rings (SSSR count). The van der Waals surface area contributed by atoms with Crippen molar-refractivity contribution in [1.29, 1.82) is 5.26 Å². The molecule has 0 aliphatic carbocycles. The van der Waals surface area contributed by atoms with Crippen LogP contribution in [-0.4, -0.2) is 39.6 Å². The van der Waals surface area contributed by atoms with Crippen molar-refractivity contribution in [3.63, 3.8) is 0 Å². The third-order valence-electron chi connectivity index (χ3n) is 5.29. The van der Waals surface area contributed by atoms with E-state index in [0.717, 1.165) is 0 Å². The molecule has 0 bridgehead atoms. The van der Waals surface area contributed by atoms with E-state index >= 15 is 0 Å². The molecule has 10 nitrogen and oxygen atoms in total. The Labute approximate surface area is 214 Å². The number of nitriles is 1. The van der Waals surface area contributed by atoms with Crippen molar-refractivity contribution in [2.75, 3.05) is 11.9 Å². The molecule has 1 aromatic carbocycles. The number of amides is 2. The predicted molar refractivity (Wildman–Crippen MR) is 134 cm³/mol. The summed E-state index contributed by atoms with van der Waals surface area (Å²) in [6, 6.07) is 12.4. The van der Waals surface area contributed by atoms with Gasteiger partial charge in [0.2, 0.25) is 0 Å². The highest BCUT2D eigenvalue weighted by molar-refractivity contribution is 6.09. The van der Waals surface area contributed by atoms with Gasteiger partial charge in [-0.3, -0.25) is 4.99 Å². The summed E-state index contributed by atoms with van der Waals surface area (Å²) in [6.45, 7) is -1.44. The van der Waals surface area contributed by atoms with Gasteiger partial charge in [-0.05, 0) is 30.3 Å². The fraction of sp³-hybridized carbons (Fsp3) is 0.160. The van der Waals surface area contributed by atoms with Crippen LogP contribution in [0.2, 0.25) is 0 Å². The Bertz CT molecular complexity index is 1520. The van der Waals surface area contributed by atoms with E-state index in [4.69, 9.17) is 15.4 Å². The maximum atomic E-state index is 12.3. The monoisotopic (exact) mass is 522 g/mol. The van der Waals surface area contributed by atoms with Crippen molar-refractivity contribution in [1.82, 2.24) is 19.9 Å². The Morgan fingerprint density at radius 1 is 1.26 bits per heavy atom. The van der Waals surface area contributed by atoms with E-state index in [2.05, 4.69) is 26.5 Å². The Balaban J connectivity index is 1.53. The molecule has 3 aromatic heterocycles. The molecule has 38 heavy (non-hydrogen) atoms. The average Bonchev–Trinajstić information content (AvgIpc) is 3.57. The second-order valence-corrected chi connectivity index (χ2v) is 7.95. The first-order valence-electron chi connectivity index (χ1n) is 11.2. The van der Waals surface area contributed by atoms with Gasteiger partial charge in [0.25, 0.3) is 0 Å². The van der Waals surface area contributed by atoms with E-state index in [1.54, 1.807) is 70.9 Å². The van der Waals surface area contributed by atoms with E-state index in [1.165, 1.54) is 12.5 Å². The number of aromatic nitrogens is 3. The topological polar surface area (TPSA) is 147 Å². The first-order chi connectivity index (χ1) is 18.3. The van der Waals surface area contributed by atoms with Crippen LogP contribution in [0.1, 0.15) is 23.8 Å². The van der Waals surface area contributed by atoms with Gasteiger partial charge in [0.15, 0.2) is 5.65 Å². The maximum absolute atomic E-state index is 12.3. The van der Waals surface area contributed by atoms with Crippen molar-refractivity contribution in [3.8, 4) is 17.3 Å². The van der Waals surface area contributed by atoms with E-state index in [1.807, 2.05) is 0 Å². The molecular formula is C25H21F3N8O2. The lowest BCUT2D eigenvalue weighted by Crippen LogP contribution is -2.36. The molecular weight excluding hydrogens is 501 g/mol. The number of hydrogen-bond donors (Lipinski definition) is 3. The van der Waals surface area contributed by atoms with Crippen molar-refractivity contribution in [2.45, 2.75) is 18.6 Å². The number of benzene rings is 1. The van der Waals surface area contributed by atoms with Crippen LogP contribution in [0, 0.1) is 11.3 Å². The van der Waals surface area contributed by atoms with Gasteiger partial charge in [-0.1, -0.05) is 12.1 Å². The third kappa shape index (κ3) is 6.35. The SMILES string of the molecule is N#CCC(N=CC(=CN)c1cnn2c(-c3cccc(NC(=O)NCC(F)(F)F)c3)cnc2c1)c1ccco1. The van der Waals surface area contributed by atoms with Gasteiger partial charge >= 0.3 is 12.2 Å². The number of alkyl halides is 3. The van der Waals surface area contributed by atoms with Crippen LogP contribution < -0.4 is 16.4 Å². The van der Waals surface area contributed by atoms with Crippen LogP contribution in [0.15, 0.2) is 76.7 Å². The number of nitrogens with two attached hydrogens (primary N) is 1. The van der Waals surface area contributed by atoms with Crippen LogP contribution in [0.25, 0.3) is 22.5 Å². The highest BCUT2D eigenvalue weighted by Crippen LogP contribution is 2.25. The molecule has 1 atom stereocenters. The normalized spacial score (nSPS) is 12.9. The largest absolute Gasteiger partial charge is 0.467 e. The van der Waals surface area contributed by atoms with Gasteiger partial charge in [-0.25, -0.2) is 14.3 Å². The third-order valence-corrected chi connectivity index (χ3v) is 5.29. The molecule has 1 unspecified atom stereocenters. The zero-order valence-electron chi connectivity index (χ0n) is 19.7. The standard InChI is InChI=1S/C25H21F3N8O2/c26-25(27,28)15-33-24(37)35-19-4-1-3-16(9-19)21-14-32-23-10-17(13-34-36(21)23)18(11-30)12-31-20(6-7-29)22-5-2-8-38-22/h1-5,8-14,20H,6,15,30H2,(H2,33,35,37). The number of imidazole rings is 1. The zero-order chi connectivity index (χ0) is 27.1. The highest BCUT2D eigenvalue weighted by atomic mass is 19.4. The predicted octanol–water partition coefficient (Wildman–Crippen LogP) is 4.70. The summed E-state index contributed by atoms with van der Waals surface area (Å²) >= 11 is 0. The number of carbonyl (C=O) groups excluding carboxylic acids is 1. The summed E-state index contributed by atoms with van der Waals surface area (Å²) in [4.78, 5) is 20.6. The molecule has 13 heteroatoms. The number of rotatable bonds is 8. The van der Waals surface area contributed by atoms with E-state index in [-0.39, 0.29) is 6.42 Å². The quantitative estimate of drug-likeness (QED) is 0.286. The number of nitrogens with one attached hydrogen (secondary N) is 2. The van der Waals surface area contributed by atoms with Crippen molar-refractivity contribution in [2.24, 2.45) is 10.7 Å². The number of allylic oxidation sites excluding steroid dienone is 1. The lowest BCUT2D eigenvalue weighted by Gasteiger charge is -2.10. The number of furan rings is 1. The van der Waals surface area contributed by atoms with E-state index in [0.29, 0.717) is 39.5 Å². The Kier molecular flexibility index (Phi) is 7.72. The van der Waals surface area contributed by atoms with Gasteiger partial charge in [-0.15, -0.1) is 0 Å². The fourth-order valence-electron chi connectivity index (χ4n) is 3.52. The molecule has 194 valence electrons. The number of halogens is 3. The summed E-state index contributed by atoms with van der Waals surface area (Å²) < 4.78 is 43.9. The smallest absolute Gasteiger partial charge is 0.405 e. The van der Waals surface area contributed by atoms with Gasteiger partial charge in [-0.2, -0.15) is 23.5 Å². The average molecular weight is 522 g/mol. The van der Waals surface area contributed by atoms with Crippen LogP contribution in [0.4, 0.5) is 23.7 Å². The van der Waals surface area contributed by atoms with Crippen LogP contribution in [0.3, 0.4) is 0 Å². The van der Waals surface area contributed by atoms with E-state index < -0.39 is 24.8 Å². The number of carbonyl (C=O) groups is 1. The van der Waals surface area contributed by atoms with Crippen molar-refractivity contribution >= 4 is 29.2 Å². The summed E-state index contributed by atoms with van der Waals surface area (Å²) in [5.41, 5.74) is 9.01. The molecule has 0 radical (unpaired) electrons. The molecule has 0 aliphatic heterocycles. The molecule has 0 saturated heterocycles. The van der Waals surface area contributed by atoms with Crippen LogP contribution >= 0.6 is 0 Å². The van der Waals surface area contributed by atoms with Gasteiger partial charge in [0, 0.05) is 34.8 Å². The highest BCUT2D eigenvalue weighted by Gasteiger charge is 2.27. The maximum Gasteiger partial charge on any atom is 0.405 e. The van der Waals surface area contributed by atoms with Gasteiger partial charge < -0.3 is 20.8 Å². The second-order valence-electron chi connectivity index (χ2n) is 7.95. The number of hydrogen-bond acceptors (Lipinski definition) is 7. The minimum absolute atomic E-state index is 0.126. The van der Waals surface area contributed by atoms with Crippen LogP contribution in [0.5, 0.6) is 0 Å². The molecule has 0 fully saturated rings. The Hall–Kier alpha value is -5.12. The summed E-state index contributed by atoms with van der Waals surface area (Å²) in [5.74, 6) is 0.556. The number of fused-ring (bicyclic) bond motifs is 1. The molecule has 4 aromatic rings. The molecule has 4 N–H and O–H groups in total. The summed E-state index contributed by atoms with van der Waals surface area (Å²) in [5, 5.41) is 17.7. The second kappa shape index (κ2) is 11.3.